The molecule has 8 heteroatoms. The van der Waals surface area contributed by atoms with Crippen LogP contribution in [-0.2, 0) is 11.2 Å². The van der Waals surface area contributed by atoms with Crippen molar-refractivity contribution in [1.82, 2.24) is 25.5 Å². The minimum Gasteiger partial charge on any atom is -0.346 e. The van der Waals surface area contributed by atoms with Crippen LogP contribution in [0.3, 0.4) is 0 Å². The van der Waals surface area contributed by atoms with Crippen molar-refractivity contribution in [3.05, 3.63) is 70.0 Å². The summed E-state index contributed by atoms with van der Waals surface area (Å²) in [5.74, 6) is 0.315. The first-order valence-corrected chi connectivity index (χ1v) is 8.38. The predicted octanol–water partition coefficient (Wildman–Crippen LogP) is 3.39. The number of carbonyl (C=O) groups is 1. The molecule has 1 heterocycles. The van der Waals surface area contributed by atoms with Crippen LogP contribution >= 0.6 is 23.2 Å². The van der Waals surface area contributed by atoms with Gasteiger partial charge in [-0.25, -0.2) is 0 Å². The Morgan fingerprint density at radius 2 is 1.80 bits per heavy atom. The highest BCUT2D eigenvalue weighted by Gasteiger charge is 2.19. The zero-order chi connectivity index (χ0) is 17.8. The highest BCUT2D eigenvalue weighted by molar-refractivity contribution is 6.36. The van der Waals surface area contributed by atoms with Gasteiger partial charge in [0.15, 0.2) is 5.82 Å². The van der Waals surface area contributed by atoms with Gasteiger partial charge in [0.1, 0.15) is 0 Å². The summed E-state index contributed by atoms with van der Waals surface area (Å²) in [6, 6.07) is 14.2. The number of amides is 1. The standard InChI is InChI=1S/C17H15Cl2N5O/c1-11(17-21-22-23-24(17)12-6-3-2-4-7-12)20-16(25)10-13-14(18)8-5-9-15(13)19/h2-9,11H,10H2,1H3,(H,20,25). The number of rotatable bonds is 5. The van der Waals surface area contributed by atoms with Gasteiger partial charge in [0, 0.05) is 10.0 Å². The van der Waals surface area contributed by atoms with Crippen LogP contribution in [0, 0.1) is 0 Å². The summed E-state index contributed by atoms with van der Waals surface area (Å²) in [6.45, 7) is 1.82. The van der Waals surface area contributed by atoms with Crippen LogP contribution < -0.4 is 5.32 Å². The Morgan fingerprint density at radius 3 is 2.48 bits per heavy atom. The van der Waals surface area contributed by atoms with E-state index in [0.717, 1.165) is 5.69 Å². The number of halogens is 2. The van der Waals surface area contributed by atoms with Gasteiger partial charge < -0.3 is 5.32 Å². The molecule has 0 bridgehead atoms. The second-order valence-corrected chi connectivity index (χ2v) is 6.27. The maximum atomic E-state index is 12.4. The Labute approximate surface area is 154 Å². The molecule has 3 rings (SSSR count). The third-order valence-electron chi connectivity index (χ3n) is 3.66. The van der Waals surface area contributed by atoms with Crippen LogP contribution in [0.15, 0.2) is 48.5 Å². The Bertz CT molecular complexity index is 862. The molecule has 1 amide bonds. The van der Waals surface area contributed by atoms with Crippen LogP contribution in [0.4, 0.5) is 0 Å². The molecule has 2 aromatic carbocycles. The molecule has 0 saturated heterocycles. The summed E-state index contributed by atoms with van der Waals surface area (Å²) < 4.78 is 1.59. The number of nitrogens with zero attached hydrogens (tertiary/aromatic N) is 4. The molecule has 25 heavy (non-hydrogen) atoms. The fraction of sp³-hybridized carbons (Fsp3) is 0.176. The van der Waals surface area contributed by atoms with Crippen molar-refractivity contribution in [2.45, 2.75) is 19.4 Å². The van der Waals surface area contributed by atoms with E-state index in [-0.39, 0.29) is 18.4 Å². The fourth-order valence-electron chi connectivity index (χ4n) is 2.44. The molecule has 1 N–H and O–H groups in total. The maximum Gasteiger partial charge on any atom is 0.225 e. The predicted molar refractivity (Wildman–Crippen MR) is 95.9 cm³/mol. The monoisotopic (exact) mass is 375 g/mol. The summed E-state index contributed by atoms with van der Waals surface area (Å²) in [5.41, 5.74) is 1.41. The highest BCUT2D eigenvalue weighted by Crippen LogP contribution is 2.25. The summed E-state index contributed by atoms with van der Waals surface area (Å²) in [4.78, 5) is 12.4. The van der Waals surface area contributed by atoms with Gasteiger partial charge in [-0.05, 0) is 47.2 Å². The number of para-hydroxylation sites is 1. The number of benzene rings is 2. The average molecular weight is 376 g/mol. The lowest BCUT2D eigenvalue weighted by atomic mass is 10.1. The minimum atomic E-state index is -0.385. The molecule has 1 aromatic heterocycles. The summed E-state index contributed by atoms with van der Waals surface area (Å²) >= 11 is 12.2. The summed E-state index contributed by atoms with van der Waals surface area (Å²) in [7, 11) is 0. The Kier molecular flexibility index (Phi) is 5.31. The average Bonchev–Trinajstić information content (AvgIpc) is 3.09. The van der Waals surface area contributed by atoms with Gasteiger partial charge in [-0.3, -0.25) is 4.79 Å². The summed E-state index contributed by atoms with van der Waals surface area (Å²) in [6.07, 6.45) is 0.0791. The molecular weight excluding hydrogens is 361 g/mol. The topological polar surface area (TPSA) is 72.7 Å². The lowest BCUT2D eigenvalue weighted by Crippen LogP contribution is -2.30. The smallest absolute Gasteiger partial charge is 0.225 e. The van der Waals surface area contributed by atoms with Gasteiger partial charge in [-0.15, -0.1) is 5.10 Å². The van der Waals surface area contributed by atoms with E-state index in [4.69, 9.17) is 23.2 Å². The van der Waals surface area contributed by atoms with Crippen molar-refractivity contribution < 1.29 is 4.79 Å². The largest absolute Gasteiger partial charge is 0.346 e. The molecule has 0 radical (unpaired) electrons. The maximum absolute atomic E-state index is 12.4. The number of hydrogen-bond acceptors (Lipinski definition) is 4. The first kappa shape index (κ1) is 17.4. The molecule has 0 spiro atoms. The van der Waals surface area contributed by atoms with E-state index in [1.54, 1.807) is 22.9 Å². The van der Waals surface area contributed by atoms with Crippen LogP contribution in [0.5, 0.6) is 0 Å². The third kappa shape index (κ3) is 3.97. The van der Waals surface area contributed by atoms with Crippen molar-refractivity contribution in [3.63, 3.8) is 0 Å². The number of nitrogens with one attached hydrogen (secondary N) is 1. The van der Waals surface area contributed by atoms with E-state index in [0.29, 0.717) is 21.4 Å². The molecule has 3 aromatic rings. The van der Waals surface area contributed by atoms with Crippen molar-refractivity contribution >= 4 is 29.1 Å². The van der Waals surface area contributed by atoms with Crippen LogP contribution in [0.1, 0.15) is 24.4 Å². The van der Waals surface area contributed by atoms with Crippen molar-refractivity contribution in [3.8, 4) is 5.69 Å². The van der Waals surface area contributed by atoms with Crippen molar-refractivity contribution in [2.24, 2.45) is 0 Å². The molecule has 6 nitrogen and oxygen atoms in total. The zero-order valence-corrected chi connectivity index (χ0v) is 14.9. The van der Waals surface area contributed by atoms with E-state index in [1.807, 2.05) is 37.3 Å². The first-order chi connectivity index (χ1) is 12.1. The van der Waals surface area contributed by atoms with E-state index >= 15 is 0 Å². The first-order valence-electron chi connectivity index (χ1n) is 7.62. The van der Waals surface area contributed by atoms with Crippen LogP contribution in [0.25, 0.3) is 5.69 Å². The number of hydrogen-bond donors (Lipinski definition) is 1. The molecule has 0 aliphatic rings. The minimum absolute atomic E-state index is 0.0791. The van der Waals surface area contributed by atoms with Gasteiger partial charge in [0.2, 0.25) is 5.91 Å². The fourth-order valence-corrected chi connectivity index (χ4v) is 2.97. The molecule has 1 unspecified atom stereocenters. The van der Waals surface area contributed by atoms with Gasteiger partial charge in [0.25, 0.3) is 0 Å². The highest BCUT2D eigenvalue weighted by atomic mass is 35.5. The quantitative estimate of drug-likeness (QED) is 0.741. The molecular formula is C17H15Cl2N5O. The lowest BCUT2D eigenvalue weighted by molar-refractivity contribution is -0.121. The molecule has 0 aliphatic carbocycles. The Balaban J connectivity index is 1.74. The molecule has 128 valence electrons. The number of carbonyl (C=O) groups excluding carboxylic acids is 1. The van der Waals surface area contributed by atoms with Crippen LogP contribution in [0.2, 0.25) is 10.0 Å². The molecule has 0 saturated carbocycles. The van der Waals surface area contributed by atoms with Crippen LogP contribution in [-0.4, -0.2) is 26.1 Å². The van der Waals surface area contributed by atoms with Gasteiger partial charge >= 0.3 is 0 Å². The second kappa shape index (κ2) is 7.63. The van der Waals surface area contributed by atoms with Gasteiger partial charge in [-0.2, -0.15) is 4.68 Å². The van der Waals surface area contributed by atoms with E-state index in [2.05, 4.69) is 20.8 Å². The Morgan fingerprint density at radius 1 is 1.12 bits per heavy atom. The van der Waals surface area contributed by atoms with E-state index < -0.39 is 0 Å². The molecule has 0 fully saturated rings. The number of aromatic nitrogens is 4. The van der Waals surface area contributed by atoms with Gasteiger partial charge in [0.05, 0.1) is 18.2 Å². The lowest BCUT2D eigenvalue weighted by Gasteiger charge is -2.14. The zero-order valence-electron chi connectivity index (χ0n) is 13.4. The van der Waals surface area contributed by atoms with Crippen molar-refractivity contribution in [2.75, 3.05) is 0 Å². The van der Waals surface area contributed by atoms with Gasteiger partial charge in [-0.1, -0.05) is 47.5 Å². The van der Waals surface area contributed by atoms with E-state index in [9.17, 15) is 4.79 Å². The second-order valence-electron chi connectivity index (χ2n) is 5.45. The SMILES string of the molecule is CC(NC(=O)Cc1c(Cl)cccc1Cl)c1nnnn1-c1ccccc1. The summed E-state index contributed by atoms with van der Waals surface area (Å²) in [5, 5.41) is 15.5. The van der Waals surface area contributed by atoms with E-state index in [1.165, 1.54) is 0 Å². The number of tetrazole rings is 1. The molecule has 0 aliphatic heterocycles. The normalized spacial score (nSPS) is 12.0. The third-order valence-corrected chi connectivity index (χ3v) is 4.37. The Hall–Kier alpha value is -2.44. The molecule has 1 atom stereocenters. The van der Waals surface area contributed by atoms with Crippen molar-refractivity contribution in [1.29, 1.82) is 0 Å².